The third-order valence-electron chi connectivity index (χ3n) is 4.88. The Morgan fingerprint density at radius 3 is 2.36 bits per heavy atom. The number of ether oxygens (including phenoxy) is 2. The number of carbonyl (C=O) groups is 1. The van der Waals surface area contributed by atoms with Crippen molar-refractivity contribution < 1.29 is 14.3 Å². The van der Waals surface area contributed by atoms with Crippen molar-refractivity contribution in [3.8, 4) is 11.5 Å². The van der Waals surface area contributed by atoms with E-state index in [0.29, 0.717) is 6.54 Å². The monoisotopic (exact) mass is 340 g/mol. The number of urea groups is 1. The Bertz CT molecular complexity index is 742. The summed E-state index contributed by atoms with van der Waals surface area (Å²) in [5.41, 5.74) is 2.04. The second-order valence-corrected chi connectivity index (χ2v) is 6.40. The van der Waals surface area contributed by atoms with Crippen LogP contribution in [0, 0.1) is 0 Å². The van der Waals surface area contributed by atoms with Gasteiger partial charge in [-0.2, -0.15) is 0 Å². The zero-order valence-corrected chi connectivity index (χ0v) is 14.9. The predicted molar refractivity (Wildman–Crippen MR) is 98.7 cm³/mol. The number of benzene rings is 2. The molecule has 0 bridgehead atoms. The molecule has 3 rings (SSSR count). The molecule has 1 aliphatic rings. The summed E-state index contributed by atoms with van der Waals surface area (Å²) in [6, 6.07) is 15.5. The summed E-state index contributed by atoms with van der Waals surface area (Å²) in [5.74, 6) is 1.44. The lowest BCUT2D eigenvalue weighted by Gasteiger charge is -2.22. The van der Waals surface area contributed by atoms with Gasteiger partial charge in [-0.25, -0.2) is 4.79 Å². The highest BCUT2D eigenvalue weighted by Gasteiger charge is 2.45. The van der Waals surface area contributed by atoms with Gasteiger partial charge in [-0.05, 0) is 42.7 Å². The van der Waals surface area contributed by atoms with Gasteiger partial charge in [-0.1, -0.05) is 24.3 Å². The Balaban J connectivity index is 1.67. The molecule has 2 aromatic carbocycles. The van der Waals surface area contributed by atoms with Gasteiger partial charge in [-0.3, -0.25) is 4.90 Å². The molecule has 0 atom stereocenters. The smallest absolute Gasteiger partial charge is 0.321 e. The number of hydrogen-bond acceptors (Lipinski definition) is 3. The van der Waals surface area contributed by atoms with E-state index >= 15 is 0 Å². The minimum Gasteiger partial charge on any atom is -0.493 e. The van der Waals surface area contributed by atoms with Crippen molar-refractivity contribution in [1.29, 1.82) is 0 Å². The summed E-state index contributed by atoms with van der Waals surface area (Å²) in [5, 5.41) is 3.06. The fourth-order valence-electron chi connectivity index (χ4n) is 3.02. The highest BCUT2D eigenvalue weighted by molar-refractivity contribution is 5.91. The Hall–Kier alpha value is -2.69. The van der Waals surface area contributed by atoms with Crippen LogP contribution in [0.2, 0.25) is 0 Å². The molecule has 25 heavy (non-hydrogen) atoms. The van der Waals surface area contributed by atoms with Gasteiger partial charge in [0, 0.05) is 24.7 Å². The van der Waals surface area contributed by atoms with Crippen LogP contribution in [-0.2, 0) is 5.41 Å². The van der Waals surface area contributed by atoms with Crippen molar-refractivity contribution in [1.82, 2.24) is 5.32 Å². The molecule has 1 aliphatic carbocycles. The van der Waals surface area contributed by atoms with Gasteiger partial charge in [0.25, 0.3) is 0 Å². The summed E-state index contributed by atoms with van der Waals surface area (Å²) in [7, 11) is 5.04. The molecule has 0 radical (unpaired) electrons. The molecule has 132 valence electrons. The molecule has 5 nitrogen and oxygen atoms in total. The normalized spacial score (nSPS) is 14.5. The third kappa shape index (κ3) is 3.55. The standard InChI is InChI=1S/C20H24N2O3/c1-22(16-7-5-4-6-8-16)19(23)21-14-20(11-12-20)15-9-10-17(24-2)18(13-15)25-3/h4-10,13H,11-12,14H2,1-3H3,(H,21,23). The maximum Gasteiger partial charge on any atom is 0.321 e. The molecule has 0 aromatic heterocycles. The molecule has 1 fully saturated rings. The van der Waals surface area contributed by atoms with Crippen LogP contribution in [0.15, 0.2) is 48.5 Å². The summed E-state index contributed by atoms with van der Waals surface area (Å²) in [6.45, 7) is 0.610. The molecule has 0 heterocycles. The molecule has 0 unspecified atom stereocenters. The van der Waals surface area contributed by atoms with Gasteiger partial charge in [0.05, 0.1) is 14.2 Å². The van der Waals surface area contributed by atoms with E-state index in [0.717, 1.165) is 30.0 Å². The van der Waals surface area contributed by atoms with E-state index in [2.05, 4.69) is 11.4 Å². The van der Waals surface area contributed by atoms with E-state index in [4.69, 9.17) is 9.47 Å². The lowest BCUT2D eigenvalue weighted by atomic mass is 9.95. The molecule has 1 saturated carbocycles. The number of nitrogens with one attached hydrogen (secondary N) is 1. The fourth-order valence-corrected chi connectivity index (χ4v) is 3.02. The Labute approximate surface area is 148 Å². The molecular weight excluding hydrogens is 316 g/mol. The summed E-state index contributed by atoms with van der Waals surface area (Å²) in [6.07, 6.45) is 2.11. The predicted octanol–water partition coefficient (Wildman–Crippen LogP) is 3.58. The molecule has 0 spiro atoms. The van der Waals surface area contributed by atoms with E-state index < -0.39 is 0 Å². The highest BCUT2D eigenvalue weighted by Crippen LogP contribution is 2.49. The van der Waals surface area contributed by atoms with Gasteiger partial charge < -0.3 is 14.8 Å². The first-order valence-corrected chi connectivity index (χ1v) is 8.39. The number of carbonyl (C=O) groups excluding carboxylic acids is 1. The first kappa shape index (κ1) is 17.1. The topological polar surface area (TPSA) is 50.8 Å². The largest absolute Gasteiger partial charge is 0.493 e. The van der Waals surface area contributed by atoms with Crippen LogP contribution in [0.25, 0.3) is 0 Å². The van der Waals surface area contributed by atoms with Crippen molar-refractivity contribution in [3.05, 3.63) is 54.1 Å². The molecule has 2 aromatic rings. The average Bonchev–Trinajstić information content (AvgIpc) is 3.46. The lowest BCUT2D eigenvalue weighted by molar-refractivity contribution is 0.246. The van der Waals surface area contributed by atoms with Gasteiger partial charge in [0.1, 0.15) is 0 Å². The highest BCUT2D eigenvalue weighted by atomic mass is 16.5. The van der Waals surface area contributed by atoms with Crippen LogP contribution in [0.5, 0.6) is 11.5 Å². The molecule has 0 aliphatic heterocycles. The third-order valence-corrected chi connectivity index (χ3v) is 4.88. The Kier molecular flexibility index (Phi) is 4.83. The lowest BCUT2D eigenvalue weighted by Crippen LogP contribution is -2.41. The molecule has 5 heteroatoms. The zero-order valence-electron chi connectivity index (χ0n) is 14.9. The van der Waals surface area contributed by atoms with Crippen LogP contribution >= 0.6 is 0 Å². The van der Waals surface area contributed by atoms with Crippen molar-refractivity contribution in [2.45, 2.75) is 18.3 Å². The van der Waals surface area contributed by atoms with Crippen LogP contribution in [0.1, 0.15) is 18.4 Å². The number of anilines is 1. The van der Waals surface area contributed by atoms with Gasteiger partial charge in [0.15, 0.2) is 11.5 Å². The summed E-state index contributed by atoms with van der Waals surface area (Å²) < 4.78 is 10.7. The quantitative estimate of drug-likeness (QED) is 0.874. The number of amides is 2. The van der Waals surface area contributed by atoms with E-state index in [1.165, 1.54) is 5.56 Å². The number of hydrogen-bond donors (Lipinski definition) is 1. The van der Waals surface area contributed by atoms with Crippen LogP contribution < -0.4 is 19.7 Å². The number of nitrogens with zero attached hydrogens (tertiary/aromatic N) is 1. The second kappa shape index (κ2) is 7.05. The first-order valence-electron chi connectivity index (χ1n) is 8.39. The van der Waals surface area contributed by atoms with Gasteiger partial charge in [-0.15, -0.1) is 0 Å². The van der Waals surface area contributed by atoms with Crippen molar-refractivity contribution in [3.63, 3.8) is 0 Å². The van der Waals surface area contributed by atoms with Crippen molar-refractivity contribution in [2.75, 3.05) is 32.7 Å². The van der Waals surface area contributed by atoms with Gasteiger partial charge in [0.2, 0.25) is 0 Å². The van der Waals surface area contributed by atoms with Crippen LogP contribution in [0.4, 0.5) is 10.5 Å². The number of para-hydroxylation sites is 1. The van der Waals surface area contributed by atoms with Crippen LogP contribution in [0.3, 0.4) is 0 Å². The van der Waals surface area contributed by atoms with Crippen LogP contribution in [-0.4, -0.2) is 33.8 Å². The van der Waals surface area contributed by atoms with Gasteiger partial charge >= 0.3 is 6.03 Å². The maximum absolute atomic E-state index is 12.4. The maximum atomic E-state index is 12.4. The minimum atomic E-state index is -0.0991. The first-order chi connectivity index (χ1) is 12.1. The van der Waals surface area contributed by atoms with E-state index in [1.807, 2.05) is 42.5 Å². The van der Waals surface area contributed by atoms with E-state index in [9.17, 15) is 4.79 Å². The fraction of sp³-hybridized carbons (Fsp3) is 0.350. The molecular formula is C20H24N2O3. The SMILES string of the molecule is COc1ccc(C2(CNC(=O)N(C)c3ccccc3)CC2)cc1OC. The number of rotatable bonds is 6. The summed E-state index contributed by atoms with van der Waals surface area (Å²) in [4.78, 5) is 14.1. The van der Waals surface area contributed by atoms with Crippen molar-refractivity contribution in [2.24, 2.45) is 0 Å². The molecule has 2 amide bonds. The zero-order chi connectivity index (χ0) is 17.9. The Morgan fingerprint density at radius 2 is 1.76 bits per heavy atom. The summed E-state index contributed by atoms with van der Waals surface area (Å²) >= 11 is 0. The van der Waals surface area contributed by atoms with E-state index in [1.54, 1.807) is 26.2 Å². The van der Waals surface area contributed by atoms with Crippen molar-refractivity contribution >= 4 is 11.7 Å². The second-order valence-electron chi connectivity index (χ2n) is 6.40. The average molecular weight is 340 g/mol. The molecule has 1 N–H and O–H groups in total. The van der Waals surface area contributed by atoms with E-state index in [-0.39, 0.29) is 11.4 Å². The number of methoxy groups -OCH3 is 2. The minimum absolute atomic E-state index is 0.00720. The Morgan fingerprint density at radius 1 is 1.08 bits per heavy atom. The molecule has 0 saturated heterocycles.